The summed E-state index contributed by atoms with van der Waals surface area (Å²) in [4.78, 5) is 21.1. The van der Waals surface area contributed by atoms with Crippen molar-refractivity contribution in [3.63, 3.8) is 0 Å². The van der Waals surface area contributed by atoms with Crippen LogP contribution in [0.2, 0.25) is 0 Å². The van der Waals surface area contributed by atoms with E-state index >= 15 is 0 Å². The Morgan fingerprint density at radius 1 is 1.12 bits per heavy atom. The molecule has 2 aliphatic heterocycles. The predicted octanol–water partition coefficient (Wildman–Crippen LogP) is 2.15. The smallest absolute Gasteiger partial charge is 0.244 e. The van der Waals surface area contributed by atoms with Crippen LogP contribution in [-0.4, -0.2) is 74.0 Å². The topological polar surface area (TPSA) is 60.0 Å². The van der Waals surface area contributed by atoms with Gasteiger partial charge in [-0.3, -0.25) is 4.79 Å². The number of rotatable bonds is 7. The number of piperidine rings is 1. The second kappa shape index (κ2) is 12.8. The second-order valence-corrected chi connectivity index (χ2v) is 7.77. The molecule has 0 aromatic carbocycles. The number of halogens is 1. The number of carbonyl (C=O) groups excluding carboxylic acids is 1. The Hall–Kier alpha value is -0.570. The lowest BCUT2D eigenvalue weighted by Gasteiger charge is -2.35. The Morgan fingerprint density at radius 3 is 2.38 bits per heavy atom. The molecule has 6 nitrogen and oxygen atoms in total. The minimum atomic E-state index is 0. The average Bonchev–Trinajstić information content (AvgIpc) is 3.10. The van der Waals surface area contributed by atoms with Crippen molar-refractivity contribution in [1.29, 1.82) is 0 Å². The number of nitrogens with zero attached hydrogens (tertiary/aromatic N) is 3. The molecule has 2 unspecified atom stereocenters. The van der Waals surface area contributed by atoms with Crippen molar-refractivity contribution in [2.45, 2.75) is 46.5 Å². The van der Waals surface area contributed by atoms with Gasteiger partial charge in [0.1, 0.15) is 6.54 Å². The molecule has 0 radical (unpaired) electrons. The number of amides is 1. The zero-order valence-corrected chi connectivity index (χ0v) is 19.1. The van der Waals surface area contributed by atoms with Crippen LogP contribution in [0.1, 0.15) is 46.5 Å². The van der Waals surface area contributed by atoms with E-state index in [2.05, 4.69) is 41.3 Å². The van der Waals surface area contributed by atoms with Crippen molar-refractivity contribution < 1.29 is 4.79 Å². The number of aliphatic imine (C=N–C) groups is 1. The summed E-state index contributed by atoms with van der Waals surface area (Å²) in [5.41, 5.74) is 0. The summed E-state index contributed by atoms with van der Waals surface area (Å²) in [6.07, 6.45) is 4.71. The number of guanidine groups is 1. The molecular formula is C19H38IN5O. The monoisotopic (exact) mass is 479 g/mol. The van der Waals surface area contributed by atoms with Gasteiger partial charge < -0.3 is 20.4 Å². The molecule has 0 aromatic heterocycles. The average molecular weight is 479 g/mol. The Balaban J connectivity index is 0.00000338. The van der Waals surface area contributed by atoms with Gasteiger partial charge in [-0.2, -0.15) is 0 Å². The van der Waals surface area contributed by atoms with Crippen LogP contribution in [0.3, 0.4) is 0 Å². The first-order chi connectivity index (χ1) is 12.1. The summed E-state index contributed by atoms with van der Waals surface area (Å²) in [6.45, 7) is 14.1. The van der Waals surface area contributed by atoms with E-state index in [-0.39, 0.29) is 36.4 Å². The van der Waals surface area contributed by atoms with Gasteiger partial charge in [-0.05, 0) is 51.0 Å². The Labute approximate surface area is 176 Å². The van der Waals surface area contributed by atoms with Crippen LogP contribution in [0.15, 0.2) is 4.99 Å². The number of hydrogen-bond donors (Lipinski definition) is 2. The lowest BCUT2D eigenvalue weighted by molar-refractivity contribution is -0.128. The first-order valence-electron chi connectivity index (χ1n) is 10.1. The van der Waals surface area contributed by atoms with Crippen molar-refractivity contribution in [1.82, 2.24) is 20.4 Å². The maximum atomic E-state index is 12.1. The number of likely N-dealkylation sites (tertiary alicyclic amines) is 2. The quantitative estimate of drug-likeness (QED) is 0.254. The van der Waals surface area contributed by atoms with Gasteiger partial charge in [-0.15, -0.1) is 24.0 Å². The van der Waals surface area contributed by atoms with Gasteiger partial charge in [0.2, 0.25) is 5.91 Å². The molecule has 26 heavy (non-hydrogen) atoms. The Bertz CT molecular complexity index is 430. The maximum absolute atomic E-state index is 12.1. The highest BCUT2D eigenvalue weighted by molar-refractivity contribution is 14.0. The molecule has 2 atom stereocenters. The van der Waals surface area contributed by atoms with E-state index < -0.39 is 0 Å². The van der Waals surface area contributed by atoms with Gasteiger partial charge in [-0.25, -0.2) is 4.99 Å². The summed E-state index contributed by atoms with van der Waals surface area (Å²) >= 11 is 0. The number of nitrogens with one attached hydrogen (secondary N) is 2. The molecule has 2 fully saturated rings. The zero-order valence-electron chi connectivity index (χ0n) is 16.8. The van der Waals surface area contributed by atoms with Crippen LogP contribution in [-0.2, 0) is 4.79 Å². The van der Waals surface area contributed by atoms with Crippen LogP contribution in [0.5, 0.6) is 0 Å². The van der Waals surface area contributed by atoms with Gasteiger partial charge >= 0.3 is 0 Å². The van der Waals surface area contributed by atoms with Crippen LogP contribution < -0.4 is 10.6 Å². The molecule has 2 aliphatic rings. The van der Waals surface area contributed by atoms with Crippen LogP contribution >= 0.6 is 24.0 Å². The van der Waals surface area contributed by atoms with E-state index in [9.17, 15) is 4.79 Å². The summed E-state index contributed by atoms with van der Waals surface area (Å²) < 4.78 is 0. The molecule has 0 aliphatic carbocycles. The second-order valence-electron chi connectivity index (χ2n) is 7.77. The molecule has 152 valence electrons. The summed E-state index contributed by atoms with van der Waals surface area (Å²) in [5, 5.41) is 6.61. The van der Waals surface area contributed by atoms with E-state index in [4.69, 9.17) is 0 Å². The number of hydrogen-bond acceptors (Lipinski definition) is 3. The van der Waals surface area contributed by atoms with E-state index in [1.807, 2.05) is 4.90 Å². The SMILES string of the molecule is CCNC(=NCC(=O)N1CCCC1)NCCCN1CC(C)CC(C)C1.I. The maximum Gasteiger partial charge on any atom is 0.244 e. The van der Waals surface area contributed by atoms with Crippen LogP contribution in [0.4, 0.5) is 0 Å². The summed E-state index contributed by atoms with van der Waals surface area (Å²) in [6, 6.07) is 0. The van der Waals surface area contributed by atoms with Crippen molar-refractivity contribution in [2.24, 2.45) is 16.8 Å². The molecule has 0 spiro atoms. The van der Waals surface area contributed by atoms with Crippen molar-refractivity contribution in [3.05, 3.63) is 0 Å². The summed E-state index contributed by atoms with van der Waals surface area (Å²) in [5.74, 6) is 2.53. The third kappa shape index (κ3) is 8.41. The first kappa shape index (κ1) is 23.5. The lowest BCUT2D eigenvalue weighted by atomic mass is 9.92. The molecule has 0 aromatic rings. The molecule has 2 heterocycles. The molecule has 0 saturated carbocycles. The van der Waals surface area contributed by atoms with Crippen molar-refractivity contribution in [3.8, 4) is 0 Å². The molecular weight excluding hydrogens is 441 g/mol. The predicted molar refractivity (Wildman–Crippen MR) is 119 cm³/mol. The van der Waals surface area contributed by atoms with Crippen molar-refractivity contribution in [2.75, 3.05) is 52.4 Å². The first-order valence-corrected chi connectivity index (χ1v) is 10.1. The van der Waals surface area contributed by atoms with Gasteiger partial charge in [0.15, 0.2) is 5.96 Å². The molecule has 2 rings (SSSR count). The normalized spacial score (nSPS) is 24.3. The number of carbonyl (C=O) groups is 1. The fraction of sp³-hybridized carbons (Fsp3) is 0.895. The highest BCUT2D eigenvalue weighted by Gasteiger charge is 2.21. The molecule has 0 bridgehead atoms. The van der Waals surface area contributed by atoms with Crippen molar-refractivity contribution >= 4 is 35.8 Å². The van der Waals surface area contributed by atoms with E-state index in [1.54, 1.807) is 0 Å². The fourth-order valence-corrected chi connectivity index (χ4v) is 4.04. The van der Waals surface area contributed by atoms with E-state index in [0.29, 0.717) is 0 Å². The third-order valence-corrected chi connectivity index (χ3v) is 5.06. The highest BCUT2D eigenvalue weighted by atomic mass is 127. The zero-order chi connectivity index (χ0) is 18.1. The van der Waals surface area contributed by atoms with Gasteiger partial charge in [-0.1, -0.05) is 13.8 Å². The van der Waals surface area contributed by atoms with Crippen LogP contribution in [0, 0.1) is 11.8 Å². The van der Waals surface area contributed by atoms with Gasteiger partial charge in [0.05, 0.1) is 0 Å². The molecule has 2 N–H and O–H groups in total. The Kier molecular flexibility index (Phi) is 11.5. The van der Waals surface area contributed by atoms with Crippen LogP contribution in [0.25, 0.3) is 0 Å². The molecule has 2 saturated heterocycles. The van der Waals surface area contributed by atoms with E-state index in [1.165, 1.54) is 19.5 Å². The minimum Gasteiger partial charge on any atom is -0.357 e. The Morgan fingerprint density at radius 2 is 1.77 bits per heavy atom. The molecule has 1 amide bonds. The lowest BCUT2D eigenvalue weighted by Crippen LogP contribution is -2.42. The minimum absolute atomic E-state index is 0. The summed E-state index contributed by atoms with van der Waals surface area (Å²) in [7, 11) is 0. The van der Waals surface area contributed by atoms with Gasteiger partial charge in [0.25, 0.3) is 0 Å². The standard InChI is InChI=1S/C19H37N5O.HI/c1-4-20-19(22-13-18(25)24-10-5-6-11-24)21-8-7-9-23-14-16(2)12-17(3)15-23;/h16-17H,4-15H2,1-3H3,(H2,20,21,22);1H. The molecule has 7 heteroatoms. The van der Waals surface area contributed by atoms with Gasteiger partial charge in [0, 0.05) is 39.3 Å². The third-order valence-electron chi connectivity index (χ3n) is 5.06. The highest BCUT2D eigenvalue weighted by Crippen LogP contribution is 2.20. The largest absolute Gasteiger partial charge is 0.357 e. The van der Waals surface area contributed by atoms with E-state index in [0.717, 1.165) is 69.8 Å². The fourth-order valence-electron chi connectivity index (χ4n) is 4.04.